The molecule has 2 aliphatic heterocycles. The van der Waals surface area contributed by atoms with Gasteiger partial charge in [0.15, 0.2) is 0 Å². The molecule has 0 saturated carbocycles. The Kier molecular flexibility index (Phi) is 5.06. The number of nitrogens with zero attached hydrogens (tertiary/aromatic N) is 1. The predicted molar refractivity (Wildman–Crippen MR) is 98.6 cm³/mol. The minimum Gasteiger partial charge on any atom is -0.444 e. The number of aliphatic hydroxyl groups excluding tert-OH is 1. The van der Waals surface area contributed by atoms with Gasteiger partial charge in [0, 0.05) is 29.4 Å². The van der Waals surface area contributed by atoms with Gasteiger partial charge in [-0.2, -0.15) is 0 Å². The Balaban J connectivity index is 1.85. The van der Waals surface area contributed by atoms with Gasteiger partial charge in [-0.1, -0.05) is 23.2 Å². The van der Waals surface area contributed by atoms with Crippen LogP contribution in [0.5, 0.6) is 0 Å². The number of fused-ring (bicyclic) bond motifs is 2. The van der Waals surface area contributed by atoms with E-state index in [2.05, 4.69) is 0 Å². The Morgan fingerprint density at radius 2 is 2.12 bits per heavy atom. The molecule has 0 bridgehead atoms. The zero-order chi connectivity index (χ0) is 18.6. The number of carbonyl (C=O) groups excluding carboxylic acids is 1. The molecule has 3 heterocycles. The van der Waals surface area contributed by atoms with Crippen LogP contribution in [0.25, 0.3) is 0 Å². The van der Waals surface area contributed by atoms with Gasteiger partial charge in [0.2, 0.25) is 0 Å². The molecule has 3 atom stereocenters. The molecule has 2 aliphatic rings. The molecule has 1 aromatic rings. The number of hydrogen-bond acceptors (Lipinski definition) is 5. The summed E-state index contributed by atoms with van der Waals surface area (Å²) in [6.07, 6.45) is 0.145. The smallest absolute Gasteiger partial charge is 0.410 e. The summed E-state index contributed by atoms with van der Waals surface area (Å²) in [6.45, 7) is 8.24. The lowest BCUT2D eigenvalue weighted by Gasteiger charge is -2.47. The van der Waals surface area contributed by atoms with E-state index in [1.54, 1.807) is 4.90 Å². The van der Waals surface area contributed by atoms with Crippen LogP contribution in [-0.2, 0) is 15.1 Å². The number of likely N-dealkylation sites (tertiary alicyclic amines) is 1. The second-order valence-electron chi connectivity index (χ2n) is 7.73. The highest BCUT2D eigenvalue weighted by Crippen LogP contribution is 2.53. The molecular weight excluding hydrogens is 385 g/mol. The van der Waals surface area contributed by atoms with Crippen molar-refractivity contribution in [2.45, 2.75) is 63.9 Å². The number of hydrogen-bond donors (Lipinski definition) is 1. The number of rotatable bonds is 0. The fourth-order valence-electron chi connectivity index (χ4n) is 3.56. The van der Waals surface area contributed by atoms with E-state index < -0.39 is 17.3 Å². The Morgan fingerprint density at radius 1 is 1.44 bits per heavy atom. The van der Waals surface area contributed by atoms with Gasteiger partial charge in [-0.15, -0.1) is 11.3 Å². The molecule has 0 aromatic carbocycles. The first kappa shape index (κ1) is 19.2. The molecule has 25 heavy (non-hydrogen) atoms. The van der Waals surface area contributed by atoms with Crippen molar-refractivity contribution in [2.24, 2.45) is 0 Å². The van der Waals surface area contributed by atoms with E-state index in [1.807, 2.05) is 27.7 Å². The van der Waals surface area contributed by atoms with E-state index in [4.69, 9.17) is 32.7 Å². The van der Waals surface area contributed by atoms with Crippen LogP contribution in [0.1, 0.15) is 57.1 Å². The third kappa shape index (κ3) is 3.52. The summed E-state index contributed by atoms with van der Waals surface area (Å²) in [7, 11) is 0. The number of carbonyl (C=O) groups is 1. The molecule has 1 unspecified atom stereocenters. The van der Waals surface area contributed by atoms with Gasteiger partial charge in [-0.25, -0.2) is 4.79 Å². The number of piperidine rings is 1. The molecule has 1 fully saturated rings. The monoisotopic (exact) mass is 407 g/mol. The Labute approximate surface area is 161 Å². The number of thiophene rings is 1. The lowest BCUT2D eigenvalue weighted by molar-refractivity contribution is -0.136. The standard InChI is InChI=1S/C17H23Cl2NO4S/c1-9-7-17(5-6-20(9)15(22)24-16(2,3)4)13-11(10(21)8-23-17)12(18)14(19)25-13/h9-10,21H,5-8H2,1-4H3/t9-,10?,17+/m0/s1. The number of aliphatic hydroxyl groups is 1. The van der Waals surface area contributed by atoms with Crippen LogP contribution < -0.4 is 0 Å². The molecule has 1 aromatic heterocycles. The summed E-state index contributed by atoms with van der Waals surface area (Å²) < 4.78 is 12.0. The van der Waals surface area contributed by atoms with Gasteiger partial charge >= 0.3 is 6.09 Å². The summed E-state index contributed by atoms with van der Waals surface area (Å²) in [5.41, 5.74) is -0.409. The van der Waals surface area contributed by atoms with Crippen molar-refractivity contribution >= 4 is 40.6 Å². The van der Waals surface area contributed by atoms with Gasteiger partial charge < -0.3 is 19.5 Å². The highest BCUT2D eigenvalue weighted by atomic mass is 35.5. The first-order valence-electron chi connectivity index (χ1n) is 8.34. The molecule has 0 aliphatic carbocycles. The van der Waals surface area contributed by atoms with E-state index in [-0.39, 0.29) is 18.7 Å². The van der Waals surface area contributed by atoms with Crippen molar-refractivity contribution < 1.29 is 19.4 Å². The molecule has 1 spiro atoms. The van der Waals surface area contributed by atoms with Crippen molar-refractivity contribution in [3.63, 3.8) is 0 Å². The minimum absolute atomic E-state index is 0.0636. The maximum Gasteiger partial charge on any atom is 0.410 e. The molecule has 3 rings (SSSR count). The van der Waals surface area contributed by atoms with Crippen LogP contribution in [0.3, 0.4) is 0 Å². The second kappa shape index (κ2) is 6.57. The maximum atomic E-state index is 12.4. The van der Waals surface area contributed by atoms with Crippen molar-refractivity contribution in [3.8, 4) is 0 Å². The maximum absolute atomic E-state index is 12.4. The lowest BCUT2D eigenvalue weighted by Crippen LogP contribution is -2.53. The predicted octanol–water partition coefficient (Wildman–Crippen LogP) is 4.73. The number of halogens is 2. The largest absolute Gasteiger partial charge is 0.444 e. The first-order valence-corrected chi connectivity index (χ1v) is 9.91. The third-order valence-electron chi connectivity index (χ3n) is 4.65. The van der Waals surface area contributed by atoms with Crippen molar-refractivity contribution in [1.29, 1.82) is 0 Å². The summed E-state index contributed by atoms with van der Waals surface area (Å²) in [5, 5.41) is 10.7. The summed E-state index contributed by atoms with van der Waals surface area (Å²) >= 11 is 13.9. The molecule has 8 heteroatoms. The SMILES string of the molecule is C[C@H]1C[C@@]2(CCN1C(=O)OC(C)(C)C)OCC(O)c1c2sc(Cl)c1Cl. The third-order valence-corrected chi connectivity index (χ3v) is 6.85. The van der Waals surface area contributed by atoms with E-state index in [9.17, 15) is 9.90 Å². The molecule has 140 valence electrons. The molecular formula is C17H23Cl2NO4S. The van der Waals surface area contributed by atoms with Gasteiger partial charge in [0.25, 0.3) is 0 Å². The average Bonchev–Trinajstić information content (AvgIpc) is 2.79. The van der Waals surface area contributed by atoms with E-state index in [1.165, 1.54) is 11.3 Å². The zero-order valence-corrected chi connectivity index (χ0v) is 17.1. The molecule has 1 N–H and O–H groups in total. The number of ether oxygens (including phenoxy) is 2. The number of amides is 1. The summed E-state index contributed by atoms with van der Waals surface area (Å²) in [6, 6.07) is -0.0636. The van der Waals surface area contributed by atoms with E-state index in [0.717, 1.165) is 4.88 Å². The highest BCUT2D eigenvalue weighted by Gasteiger charge is 2.49. The van der Waals surface area contributed by atoms with E-state index in [0.29, 0.717) is 34.3 Å². The van der Waals surface area contributed by atoms with Crippen LogP contribution in [0.2, 0.25) is 9.36 Å². The van der Waals surface area contributed by atoms with Crippen molar-refractivity contribution in [2.75, 3.05) is 13.2 Å². The fourth-order valence-corrected chi connectivity index (χ4v) is 5.44. The van der Waals surface area contributed by atoms with Gasteiger partial charge in [-0.3, -0.25) is 0 Å². The van der Waals surface area contributed by atoms with Crippen LogP contribution in [0.15, 0.2) is 0 Å². The second-order valence-corrected chi connectivity index (χ2v) is 9.73. The topological polar surface area (TPSA) is 59.0 Å². The quantitative estimate of drug-likeness (QED) is 0.674. The van der Waals surface area contributed by atoms with Crippen LogP contribution in [0.4, 0.5) is 4.79 Å². The molecule has 1 saturated heterocycles. The van der Waals surface area contributed by atoms with Crippen LogP contribution in [-0.4, -0.2) is 40.9 Å². The summed E-state index contributed by atoms with van der Waals surface area (Å²) in [5.74, 6) is 0. The molecule has 0 radical (unpaired) electrons. The first-order chi connectivity index (χ1) is 11.5. The zero-order valence-electron chi connectivity index (χ0n) is 14.8. The Bertz CT molecular complexity index is 687. The molecule has 1 amide bonds. The van der Waals surface area contributed by atoms with Gasteiger partial charge in [0.05, 0.1) is 11.6 Å². The van der Waals surface area contributed by atoms with Crippen LogP contribution >= 0.6 is 34.5 Å². The van der Waals surface area contributed by atoms with Gasteiger partial charge in [0.1, 0.15) is 21.6 Å². The normalized spacial score (nSPS) is 29.6. The fraction of sp³-hybridized carbons (Fsp3) is 0.706. The average molecular weight is 408 g/mol. The van der Waals surface area contributed by atoms with E-state index >= 15 is 0 Å². The highest BCUT2D eigenvalue weighted by molar-refractivity contribution is 7.17. The van der Waals surface area contributed by atoms with Crippen molar-refractivity contribution in [1.82, 2.24) is 4.90 Å². The minimum atomic E-state index is -0.768. The summed E-state index contributed by atoms with van der Waals surface area (Å²) in [4.78, 5) is 15.1. The molecule has 5 nitrogen and oxygen atoms in total. The lowest BCUT2D eigenvalue weighted by atomic mass is 9.81. The van der Waals surface area contributed by atoms with Crippen molar-refractivity contribution in [3.05, 3.63) is 19.8 Å². The Hall–Kier alpha value is -0.530. The van der Waals surface area contributed by atoms with Crippen LogP contribution in [0, 0.1) is 0 Å². The Morgan fingerprint density at radius 3 is 2.72 bits per heavy atom. The van der Waals surface area contributed by atoms with Gasteiger partial charge in [-0.05, 0) is 34.1 Å².